The minimum atomic E-state index is -0.307. The number of nitrogens with one attached hydrogen (secondary N) is 1. The first-order chi connectivity index (χ1) is 7.24. The SMILES string of the molecule is COC(=O)/C=C/N[C@@H](C)C1CCCCC1. The van der Waals surface area contributed by atoms with Gasteiger partial charge in [-0.25, -0.2) is 4.79 Å². The smallest absolute Gasteiger partial charge is 0.331 e. The van der Waals surface area contributed by atoms with Crippen LogP contribution in [0.5, 0.6) is 0 Å². The van der Waals surface area contributed by atoms with Crippen LogP contribution >= 0.6 is 0 Å². The maximum Gasteiger partial charge on any atom is 0.331 e. The number of esters is 1. The van der Waals surface area contributed by atoms with E-state index in [9.17, 15) is 4.79 Å². The number of carbonyl (C=O) groups excluding carboxylic acids is 1. The molecule has 1 atom stereocenters. The number of rotatable bonds is 4. The second-order valence-electron chi connectivity index (χ2n) is 4.21. The molecule has 0 radical (unpaired) electrons. The Balaban J connectivity index is 2.25. The highest BCUT2D eigenvalue weighted by molar-refractivity contribution is 5.81. The molecule has 1 aliphatic rings. The molecule has 0 amide bonds. The Morgan fingerprint density at radius 2 is 2.07 bits per heavy atom. The second-order valence-corrected chi connectivity index (χ2v) is 4.21. The molecule has 0 bridgehead atoms. The van der Waals surface area contributed by atoms with E-state index in [1.54, 1.807) is 6.20 Å². The van der Waals surface area contributed by atoms with Gasteiger partial charge in [-0.15, -0.1) is 0 Å². The Hall–Kier alpha value is -0.990. The maximum atomic E-state index is 10.8. The number of hydrogen-bond donors (Lipinski definition) is 1. The average molecular weight is 211 g/mol. The van der Waals surface area contributed by atoms with E-state index in [1.807, 2.05) is 0 Å². The highest BCUT2D eigenvalue weighted by atomic mass is 16.5. The van der Waals surface area contributed by atoms with E-state index < -0.39 is 0 Å². The van der Waals surface area contributed by atoms with Crippen LogP contribution < -0.4 is 5.32 Å². The molecule has 0 aromatic carbocycles. The van der Waals surface area contributed by atoms with Gasteiger partial charge in [0, 0.05) is 18.3 Å². The predicted octanol–water partition coefficient (Wildman–Crippen LogP) is 2.23. The van der Waals surface area contributed by atoms with Crippen molar-refractivity contribution in [1.29, 1.82) is 0 Å². The van der Waals surface area contributed by atoms with Crippen LogP contribution in [-0.2, 0) is 9.53 Å². The molecule has 0 unspecified atom stereocenters. The summed E-state index contributed by atoms with van der Waals surface area (Å²) < 4.78 is 4.51. The van der Waals surface area contributed by atoms with Crippen molar-refractivity contribution in [2.24, 2.45) is 5.92 Å². The van der Waals surface area contributed by atoms with Crippen LogP contribution in [0.2, 0.25) is 0 Å². The molecule has 0 aliphatic heterocycles. The summed E-state index contributed by atoms with van der Waals surface area (Å²) in [6.07, 6.45) is 9.81. The quantitative estimate of drug-likeness (QED) is 0.572. The molecule has 0 aromatic heterocycles. The summed E-state index contributed by atoms with van der Waals surface area (Å²) in [4.78, 5) is 10.8. The molecule has 1 fully saturated rings. The summed E-state index contributed by atoms with van der Waals surface area (Å²) in [7, 11) is 1.39. The van der Waals surface area contributed by atoms with Gasteiger partial charge in [-0.3, -0.25) is 0 Å². The van der Waals surface area contributed by atoms with Gasteiger partial charge in [-0.2, -0.15) is 0 Å². The van der Waals surface area contributed by atoms with Gasteiger partial charge in [-0.1, -0.05) is 19.3 Å². The first kappa shape index (κ1) is 12.1. The van der Waals surface area contributed by atoms with Crippen molar-refractivity contribution >= 4 is 5.97 Å². The Labute approximate surface area is 91.9 Å². The van der Waals surface area contributed by atoms with Crippen molar-refractivity contribution in [2.45, 2.75) is 45.1 Å². The molecule has 1 aliphatic carbocycles. The summed E-state index contributed by atoms with van der Waals surface area (Å²) in [5.41, 5.74) is 0. The molecule has 0 heterocycles. The van der Waals surface area contributed by atoms with E-state index in [2.05, 4.69) is 17.0 Å². The van der Waals surface area contributed by atoms with Gasteiger partial charge in [0.25, 0.3) is 0 Å². The van der Waals surface area contributed by atoms with Gasteiger partial charge < -0.3 is 10.1 Å². The fourth-order valence-corrected chi connectivity index (χ4v) is 2.11. The molecule has 0 spiro atoms. The predicted molar refractivity (Wildman–Crippen MR) is 60.3 cm³/mol. The minimum Gasteiger partial charge on any atom is -0.466 e. The molecule has 1 N–H and O–H groups in total. The summed E-state index contributed by atoms with van der Waals surface area (Å²) >= 11 is 0. The highest BCUT2D eigenvalue weighted by Gasteiger charge is 2.18. The molecule has 1 saturated carbocycles. The van der Waals surface area contributed by atoms with Crippen LogP contribution in [0.15, 0.2) is 12.3 Å². The molecule has 86 valence electrons. The van der Waals surface area contributed by atoms with Gasteiger partial charge >= 0.3 is 5.97 Å². The zero-order valence-corrected chi connectivity index (χ0v) is 9.66. The van der Waals surface area contributed by atoms with Gasteiger partial charge in [0.15, 0.2) is 0 Å². The lowest BCUT2D eigenvalue weighted by Gasteiger charge is -2.27. The molecule has 15 heavy (non-hydrogen) atoms. The molecule has 0 saturated heterocycles. The fourth-order valence-electron chi connectivity index (χ4n) is 2.11. The van der Waals surface area contributed by atoms with Gasteiger partial charge in [0.05, 0.1) is 7.11 Å². The van der Waals surface area contributed by atoms with Crippen molar-refractivity contribution in [3.8, 4) is 0 Å². The number of hydrogen-bond acceptors (Lipinski definition) is 3. The van der Waals surface area contributed by atoms with E-state index in [-0.39, 0.29) is 5.97 Å². The Bertz CT molecular complexity index is 220. The van der Waals surface area contributed by atoms with Crippen LogP contribution in [-0.4, -0.2) is 19.1 Å². The molecular formula is C12H21NO2. The van der Waals surface area contributed by atoms with Crippen LogP contribution in [0.1, 0.15) is 39.0 Å². The molecule has 0 aromatic rings. The van der Waals surface area contributed by atoms with Gasteiger partial charge in [-0.05, 0) is 25.7 Å². The van der Waals surface area contributed by atoms with Crippen LogP contribution in [0.25, 0.3) is 0 Å². The van der Waals surface area contributed by atoms with E-state index in [0.29, 0.717) is 6.04 Å². The molecule has 3 nitrogen and oxygen atoms in total. The molecule has 1 rings (SSSR count). The van der Waals surface area contributed by atoms with Crippen LogP contribution in [0.3, 0.4) is 0 Å². The highest BCUT2D eigenvalue weighted by Crippen LogP contribution is 2.26. The Kier molecular flexibility index (Phi) is 5.22. The summed E-state index contributed by atoms with van der Waals surface area (Å²) in [6.45, 7) is 2.18. The van der Waals surface area contributed by atoms with E-state index in [4.69, 9.17) is 0 Å². The Morgan fingerprint density at radius 1 is 1.40 bits per heavy atom. The summed E-state index contributed by atoms with van der Waals surface area (Å²) in [6, 6.07) is 0.450. The minimum absolute atomic E-state index is 0.307. The third-order valence-electron chi connectivity index (χ3n) is 3.14. The summed E-state index contributed by atoms with van der Waals surface area (Å²) in [5, 5.41) is 3.24. The first-order valence-electron chi connectivity index (χ1n) is 5.74. The third kappa shape index (κ3) is 4.36. The molecule has 3 heteroatoms. The van der Waals surface area contributed by atoms with Crippen LogP contribution in [0.4, 0.5) is 0 Å². The van der Waals surface area contributed by atoms with E-state index in [0.717, 1.165) is 5.92 Å². The zero-order chi connectivity index (χ0) is 11.1. The van der Waals surface area contributed by atoms with Crippen molar-refractivity contribution in [3.05, 3.63) is 12.3 Å². The van der Waals surface area contributed by atoms with E-state index >= 15 is 0 Å². The average Bonchev–Trinajstić information content (AvgIpc) is 2.29. The normalized spacial score (nSPS) is 20.1. The number of ether oxygens (including phenoxy) is 1. The second kappa shape index (κ2) is 6.49. The van der Waals surface area contributed by atoms with Crippen molar-refractivity contribution in [1.82, 2.24) is 5.32 Å². The van der Waals surface area contributed by atoms with Gasteiger partial charge in [0.2, 0.25) is 0 Å². The topological polar surface area (TPSA) is 38.3 Å². The fraction of sp³-hybridized carbons (Fsp3) is 0.750. The van der Waals surface area contributed by atoms with Crippen molar-refractivity contribution < 1.29 is 9.53 Å². The largest absolute Gasteiger partial charge is 0.466 e. The van der Waals surface area contributed by atoms with Crippen LogP contribution in [0, 0.1) is 5.92 Å². The van der Waals surface area contributed by atoms with Crippen molar-refractivity contribution in [2.75, 3.05) is 7.11 Å². The lowest BCUT2D eigenvalue weighted by molar-refractivity contribution is -0.134. The maximum absolute atomic E-state index is 10.8. The van der Waals surface area contributed by atoms with E-state index in [1.165, 1.54) is 45.3 Å². The lowest BCUT2D eigenvalue weighted by atomic mass is 9.85. The number of carbonyl (C=O) groups is 1. The van der Waals surface area contributed by atoms with Crippen molar-refractivity contribution in [3.63, 3.8) is 0 Å². The third-order valence-corrected chi connectivity index (χ3v) is 3.14. The Morgan fingerprint density at radius 3 is 2.67 bits per heavy atom. The molecular weight excluding hydrogens is 190 g/mol. The lowest BCUT2D eigenvalue weighted by Crippen LogP contribution is -2.31. The standard InChI is InChI=1S/C12H21NO2/c1-10(11-6-4-3-5-7-11)13-9-8-12(14)15-2/h8-11,13H,3-7H2,1-2H3/b9-8+/t10-/m0/s1. The monoisotopic (exact) mass is 211 g/mol. The number of methoxy groups -OCH3 is 1. The summed E-state index contributed by atoms with van der Waals surface area (Å²) in [5.74, 6) is 0.444. The van der Waals surface area contributed by atoms with Gasteiger partial charge in [0.1, 0.15) is 0 Å². The zero-order valence-electron chi connectivity index (χ0n) is 9.66. The first-order valence-corrected chi connectivity index (χ1v) is 5.74.